The van der Waals surface area contributed by atoms with Gasteiger partial charge in [-0.1, -0.05) is 13.8 Å². The van der Waals surface area contributed by atoms with E-state index in [4.69, 9.17) is 0 Å². The van der Waals surface area contributed by atoms with Crippen LogP contribution in [0.2, 0.25) is 0 Å². The molecule has 0 saturated heterocycles. The van der Waals surface area contributed by atoms with E-state index in [0.717, 1.165) is 24.4 Å². The van der Waals surface area contributed by atoms with E-state index in [1.807, 2.05) is 6.92 Å². The van der Waals surface area contributed by atoms with Crippen molar-refractivity contribution in [2.24, 2.45) is 5.92 Å². The molecule has 0 aliphatic heterocycles. The summed E-state index contributed by atoms with van der Waals surface area (Å²) in [6.07, 6.45) is 1.88. The number of halogens is 1. The van der Waals surface area contributed by atoms with Crippen LogP contribution in [0, 0.1) is 12.8 Å². The molecule has 1 N–H and O–H groups in total. The molecule has 4 heteroatoms. The van der Waals surface area contributed by atoms with Crippen molar-refractivity contribution in [3.8, 4) is 0 Å². The Hall–Kier alpha value is -0.640. The van der Waals surface area contributed by atoms with Crippen molar-refractivity contribution in [2.75, 3.05) is 0 Å². The van der Waals surface area contributed by atoms with Crippen LogP contribution in [0.5, 0.6) is 0 Å². The summed E-state index contributed by atoms with van der Waals surface area (Å²) in [5.74, 6) is 1.41. The number of nitrogens with zero attached hydrogens (tertiary/aromatic N) is 1. The molecular formula is C10H15BrN2O. The molecule has 78 valence electrons. The highest BCUT2D eigenvalue weighted by molar-refractivity contribution is 9.10. The van der Waals surface area contributed by atoms with Gasteiger partial charge in [-0.3, -0.25) is 4.79 Å². The van der Waals surface area contributed by atoms with Gasteiger partial charge >= 0.3 is 0 Å². The lowest BCUT2D eigenvalue weighted by Crippen LogP contribution is -2.14. The molecule has 3 nitrogen and oxygen atoms in total. The molecular weight excluding hydrogens is 244 g/mol. The first-order valence-electron chi connectivity index (χ1n) is 4.76. The molecule has 0 fully saturated rings. The van der Waals surface area contributed by atoms with E-state index in [0.29, 0.717) is 10.4 Å². The minimum Gasteiger partial charge on any atom is -0.310 e. The third-order valence-corrected chi connectivity index (χ3v) is 2.97. The number of aromatic amines is 1. The van der Waals surface area contributed by atoms with Crippen molar-refractivity contribution in [3.63, 3.8) is 0 Å². The highest BCUT2D eigenvalue weighted by Gasteiger charge is 2.05. The van der Waals surface area contributed by atoms with Gasteiger partial charge in [0.25, 0.3) is 5.56 Å². The molecule has 0 aliphatic rings. The summed E-state index contributed by atoms with van der Waals surface area (Å²) in [6.45, 7) is 6.14. The number of rotatable bonds is 3. The maximum absolute atomic E-state index is 11.4. The minimum absolute atomic E-state index is 0.0868. The molecule has 0 saturated carbocycles. The normalized spacial score (nSPS) is 10.9. The number of hydrogen-bond donors (Lipinski definition) is 1. The van der Waals surface area contributed by atoms with Gasteiger partial charge in [0, 0.05) is 6.42 Å². The molecule has 0 unspecified atom stereocenters. The fraction of sp³-hybridized carbons (Fsp3) is 0.600. The lowest BCUT2D eigenvalue weighted by atomic mass is 10.1. The summed E-state index contributed by atoms with van der Waals surface area (Å²) in [7, 11) is 0. The monoisotopic (exact) mass is 258 g/mol. The van der Waals surface area contributed by atoms with Crippen LogP contribution in [0.25, 0.3) is 0 Å². The molecule has 0 aromatic carbocycles. The summed E-state index contributed by atoms with van der Waals surface area (Å²) in [5, 5.41) is 0. The van der Waals surface area contributed by atoms with Crippen molar-refractivity contribution in [1.29, 1.82) is 0 Å². The van der Waals surface area contributed by atoms with Gasteiger partial charge in [0.2, 0.25) is 0 Å². The summed E-state index contributed by atoms with van der Waals surface area (Å²) in [5.41, 5.74) is 0.670. The van der Waals surface area contributed by atoms with Crippen molar-refractivity contribution < 1.29 is 0 Å². The molecule has 1 aromatic rings. The van der Waals surface area contributed by atoms with Gasteiger partial charge in [0.1, 0.15) is 10.3 Å². The second-order valence-electron chi connectivity index (χ2n) is 3.84. The van der Waals surface area contributed by atoms with Crippen LogP contribution >= 0.6 is 15.9 Å². The maximum atomic E-state index is 11.4. The smallest absolute Gasteiger partial charge is 0.265 e. The van der Waals surface area contributed by atoms with E-state index >= 15 is 0 Å². The van der Waals surface area contributed by atoms with E-state index in [-0.39, 0.29) is 5.56 Å². The molecule has 0 bridgehead atoms. The Balaban J connectivity index is 2.85. The summed E-state index contributed by atoms with van der Waals surface area (Å²) in [6, 6.07) is 0. The zero-order chi connectivity index (χ0) is 10.7. The van der Waals surface area contributed by atoms with E-state index in [1.165, 1.54) is 0 Å². The van der Waals surface area contributed by atoms with E-state index in [1.54, 1.807) is 0 Å². The second kappa shape index (κ2) is 4.73. The third kappa shape index (κ3) is 2.94. The van der Waals surface area contributed by atoms with E-state index in [2.05, 4.69) is 39.7 Å². The van der Waals surface area contributed by atoms with Crippen LogP contribution in [-0.2, 0) is 6.42 Å². The lowest BCUT2D eigenvalue weighted by molar-refractivity contribution is 0.572. The number of aryl methyl sites for hydroxylation is 2. The van der Waals surface area contributed by atoms with Gasteiger partial charge in [-0.2, -0.15) is 0 Å². The van der Waals surface area contributed by atoms with Crippen LogP contribution in [0.1, 0.15) is 31.8 Å². The summed E-state index contributed by atoms with van der Waals surface area (Å²) < 4.78 is 0.533. The molecule has 0 spiro atoms. The first kappa shape index (κ1) is 11.4. The molecule has 14 heavy (non-hydrogen) atoms. The SMILES string of the molecule is Cc1nc(CCC(C)C)[nH]c(=O)c1Br. The largest absolute Gasteiger partial charge is 0.310 e. The van der Waals surface area contributed by atoms with Crippen LogP contribution < -0.4 is 5.56 Å². The number of H-pyrrole nitrogens is 1. The van der Waals surface area contributed by atoms with Gasteiger partial charge < -0.3 is 4.98 Å². The molecule has 0 atom stereocenters. The van der Waals surface area contributed by atoms with Crippen molar-refractivity contribution in [2.45, 2.75) is 33.6 Å². The van der Waals surface area contributed by atoms with E-state index in [9.17, 15) is 4.79 Å². The zero-order valence-corrected chi connectivity index (χ0v) is 10.3. The minimum atomic E-state index is -0.0868. The molecule has 1 aromatic heterocycles. The quantitative estimate of drug-likeness (QED) is 0.906. The van der Waals surface area contributed by atoms with Crippen molar-refractivity contribution >= 4 is 15.9 Å². The molecule has 1 heterocycles. The van der Waals surface area contributed by atoms with Gasteiger partial charge in [-0.25, -0.2) is 4.98 Å². The summed E-state index contributed by atoms with van der Waals surface area (Å²) in [4.78, 5) is 18.4. The molecule has 0 amide bonds. The Morgan fingerprint density at radius 1 is 1.50 bits per heavy atom. The van der Waals surface area contributed by atoms with Crippen LogP contribution in [0.4, 0.5) is 0 Å². The Morgan fingerprint density at radius 3 is 2.64 bits per heavy atom. The average molecular weight is 259 g/mol. The highest BCUT2D eigenvalue weighted by atomic mass is 79.9. The Morgan fingerprint density at radius 2 is 2.14 bits per heavy atom. The third-order valence-electron chi connectivity index (χ3n) is 2.04. The van der Waals surface area contributed by atoms with Crippen LogP contribution in [-0.4, -0.2) is 9.97 Å². The standard InChI is InChI=1S/C10H15BrN2O/c1-6(2)4-5-8-12-7(3)9(11)10(14)13-8/h6H,4-5H2,1-3H3,(H,12,13,14). The van der Waals surface area contributed by atoms with Crippen molar-refractivity contribution in [1.82, 2.24) is 9.97 Å². The highest BCUT2D eigenvalue weighted by Crippen LogP contribution is 2.09. The Kier molecular flexibility index (Phi) is 3.86. The predicted octanol–water partition coefficient (Wildman–Crippen LogP) is 2.43. The van der Waals surface area contributed by atoms with Gasteiger partial charge in [-0.15, -0.1) is 0 Å². The second-order valence-corrected chi connectivity index (χ2v) is 4.64. The van der Waals surface area contributed by atoms with Gasteiger partial charge in [0.05, 0.1) is 5.69 Å². The number of hydrogen-bond acceptors (Lipinski definition) is 2. The van der Waals surface area contributed by atoms with Crippen LogP contribution in [0.15, 0.2) is 9.27 Å². The van der Waals surface area contributed by atoms with Gasteiger partial charge in [-0.05, 0) is 35.2 Å². The predicted molar refractivity (Wildman–Crippen MR) is 60.5 cm³/mol. The Labute approximate surface area is 92.1 Å². The lowest BCUT2D eigenvalue weighted by Gasteiger charge is -2.05. The van der Waals surface area contributed by atoms with E-state index < -0.39 is 0 Å². The maximum Gasteiger partial charge on any atom is 0.265 e. The van der Waals surface area contributed by atoms with Crippen LogP contribution in [0.3, 0.4) is 0 Å². The molecule has 1 rings (SSSR count). The topological polar surface area (TPSA) is 45.8 Å². The molecule has 0 radical (unpaired) electrons. The van der Waals surface area contributed by atoms with Gasteiger partial charge in [0.15, 0.2) is 0 Å². The first-order chi connectivity index (χ1) is 6.50. The number of aromatic nitrogens is 2. The first-order valence-corrected chi connectivity index (χ1v) is 5.55. The average Bonchev–Trinajstić information content (AvgIpc) is 2.10. The fourth-order valence-corrected chi connectivity index (χ4v) is 1.36. The summed E-state index contributed by atoms with van der Waals surface area (Å²) >= 11 is 3.19. The number of nitrogens with one attached hydrogen (secondary N) is 1. The Bertz CT molecular complexity index is 371. The fourth-order valence-electron chi connectivity index (χ4n) is 1.17. The van der Waals surface area contributed by atoms with Crippen molar-refractivity contribution in [3.05, 3.63) is 26.3 Å². The molecule has 0 aliphatic carbocycles. The zero-order valence-electron chi connectivity index (χ0n) is 8.72.